The van der Waals surface area contributed by atoms with E-state index in [2.05, 4.69) is 29.8 Å². The normalized spacial score (nSPS) is 17.6. The van der Waals surface area contributed by atoms with Gasteiger partial charge in [0.25, 0.3) is 0 Å². The molecule has 1 aromatic carbocycles. The number of rotatable bonds is 4. The number of piperazine rings is 1. The fourth-order valence-electron chi connectivity index (χ4n) is 2.46. The predicted molar refractivity (Wildman–Crippen MR) is 76.8 cm³/mol. The molecule has 0 aromatic heterocycles. The summed E-state index contributed by atoms with van der Waals surface area (Å²) >= 11 is 0. The molecular weight excluding hydrogens is 240 g/mol. The molecule has 0 spiro atoms. The van der Waals surface area contributed by atoms with Crippen molar-refractivity contribution in [1.29, 1.82) is 0 Å². The molecule has 4 nitrogen and oxygen atoms in total. The van der Waals surface area contributed by atoms with Crippen LogP contribution in [0.15, 0.2) is 12.1 Å². The molecule has 2 rings (SSSR count). The van der Waals surface area contributed by atoms with Crippen LogP contribution in [0.4, 0.5) is 0 Å². The van der Waals surface area contributed by atoms with E-state index in [0.717, 1.165) is 44.7 Å². The topological polar surface area (TPSA) is 35.9 Å². The molecule has 4 heteroatoms. The molecular formula is C15H24N2O2. The molecule has 1 saturated heterocycles. The summed E-state index contributed by atoms with van der Waals surface area (Å²) in [5.74, 6) is 0.877. The summed E-state index contributed by atoms with van der Waals surface area (Å²) in [5, 5.41) is 10.2. The van der Waals surface area contributed by atoms with E-state index >= 15 is 0 Å². The second-order valence-corrected chi connectivity index (χ2v) is 5.24. The Labute approximate surface area is 115 Å². The van der Waals surface area contributed by atoms with Crippen molar-refractivity contribution >= 4 is 0 Å². The minimum absolute atomic E-state index is 0.290. The number of ether oxygens (including phenoxy) is 1. The minimum atomic E-state index is 0.290. The number of phenolic OH excluding ortho intramolecular Hbond substituents is 1. The SMILES string of the molecule is CCc1cc(CN2CCN(C)CC2)c(O)c(OC)c1. The average molecular weight is 264 g/mol. The zero-order valence-corrected chi connectivity index (χ0v) is 12.1. The standard InChI is InChI=1S/C15H24N2O2/c1-4-12-9-13(15(18)14(10-12)19-3)11-17-7-5-16(2)6-8-17/h9-10,18H,4-8,11H2,1-3H3. The van der Waals surface area contributed by atoms with Crippen LogP contribution in [-0.2, 0) is 13.0 Å². The molecule has 1 aliphatic rings. The van der Waals surface area contributed by atoms with E-state index in [1.807, 2.05) is 6.07 Å². The van der Waals surface area contributed by atoms with Gasteiger partial charge >= 0.3 is 0 Å². The minimum Gasteiger partial charge on any atom is -0.504 e. The van der Waals surface area contributed by atoms with E-state index in [4.69, 9.17) is 4.74 Å². The number of methoxy groups -OCH3 is 1. The van der Waals surface area contributed by atoms with E-state index in [9.17, 15) is 5.11 Å². The largest absolute Gasteiger partial charge is 0.504 e. The van der Waals surface area contributed by atoms with Gasteiger partial charge in [0.2, 0.25) is 0 Å². The zero-order valence-electron chi connectivity index (χ0n) is 12.1. The molecule has 0 radical (unpaired) electrons. The van der Waals surface area contributed by atoms with E-state index in [-0.39, 0.29) is 0 Å². The summed E-state index contributed by atoms with van der Waals surface area (Å²) in [5.41, 5.74) is 2.18. The fourth-order valence-corrected chi connectivity index (χ4v) is 2.46. The summed E-state index contributed by atoms with van der Waals surface area (Å²) in [4.78, 5) is 4.72. The van der Waals surface area contributed by atoms with Crippen LogP contribution in [0.1, 0.15) is 18.1 Å². The zero-order chi connectivity index (χ0) is 13.8. The van der Waals surface area contributed by atoms with Crippen LogP contribution in [0, 0.1) is 0 Å². The molecule has 0 atom stereocenters. The molecule has 1 aliphatic heterocycles. The summed E-state index contributed by atoms with van der Waals surface area (Å²) in [6.07, 6.45) is 0.951. The maximum absolute atomic E-state index is 10.2. The Hall–Kier alpha value is -1.26. The number of phenols is 1. The maximum atomic E-state index is 10.2. The first-order valence-electron chi connectivity index (χ1n) is 6.93. The Morgan fingerprint density at radius 1 is 1.21 bits per heavy atom. The van der Waals surface area contributed by atoms with Gasteiger partial charge in [-0.1, -0.05) is 13.0 Å². The first kappa shape index (κ1) is 14.2. The highest BCUT2D eigenvalue weighted by molar-refractivity contribution is 5.48. The summed E-state index contributed by atoms with van der Waals surface area (Å²) in [6.45, 7) is 7.19. The number of likely N-dealkylation sites (N-methyl/N-ethyl adjacent to an activating group) is 1. The molecule has 0 amide bonds. The van der Waals surface area contributed by atoms with E-state index < -0.39 is 0 Å². The Morgan fingerprint density at radius 2 is 1.89 bits per heavy atom. The number of benzene rings is 1. The Morgan fingerprint density at radius 3 is 2.47 bits per heavy atom. The third-order valence-electron chi connectivity index (χ3n) is 3.83. The van der Waals surface area contributed by atoms with Crippen molar-refractivity contribution in [3.63, 3.8) is 0 Å². The molecule has 0 unspecified atom stereocenters. The lowest BCUT2D eigenvalue weighted by molar-refractivity contribution is 0.147. The predicted octanol–water partition coefficient (Wildman–Crippen LogP) is 1.71. The summed E-state index contributed by atoms with van der Waals surface area (Å²) in [6, 6.07) is 4.01. The van der Waals surface area contributed by atoms with Crippen LogP contribution in [0.2, 0.25) is 0 Å². The first-order valence-corrected chi connectivity index (χ1v) is 6.93. The van der Waals surface area contributed by atoms with Crippen LogP contribution < -0.4 is 4.74 Å². The molecule has 1 fully saturated rings. The van der Waals surface area contributed by atoms with Crippen molar-refractivity contribution in [2.24, 2.45) is 0 Å². The van der Waals surface area contributed by atoms with Crippen LogP contribution in [0.5, 0.6) is 11.5 Å². The van der Waals surface area contributed by atoms with Gasteiger partial charge in [0.05, 0.1) is 7.11 Å². The Bertz CT molecular complexity index is 426. The summed E-state index contributed by atoms with van der Waals surface area (Å²) < 4.78 is 5.26. The monoisotopic (exact) mass is 264 g/mol. The quantitative estimate of drug-likeness (QED) is 0.898. The van der Waals surface area contributed by atoms with Crippen molar-refractivity contribution in [2.45, 2.75) is 19.9 Å². The Balaban J connectivity index is 2.14. The second-order valence-electron chi connectivity index (χ2n) is 5.24. The van der Waals surface area contributed by atoms with Gasteiger partial charge in [-0.2, -0.15) is 0 Å². The molecule has 106 valence electrons. The number of hydrogen-bond donors (Lipinski definition) is 1. The van der Waals surface area contributed by atoms with E-state index in [1.165, 1.54) is 5.56 Å². The van der Waals surface area contributed by atoms with Crippen LogP contribution in [-0.4, -0.2) is 55.2 Å². The second kappa shape index (κ2) is 6.26. The first-order chi connectivity index (χ1) is 9.13. The van der Waals surface area contributed by atoms with Gasteiger partial charge in [0.1, 0.15) is 0 Å². The van der Waals surface area contributed by atoms with Crippen molar-refractivity contribution in [3.8, 4) is 11.5 Å². The molecule has 1 heterocycles. The van der Waals surface area contributed by atoms with Crippen molar-refractivity contribution < 1.29 is 9.84 Å². The number of aromatic hydroxyl groups is 1. The van der Waals surface area contributed by atoms with Crippen LogP contribution in [0.25, 0.3) is 0 Å². The van der Waals surface area contributed by atoms with Crippen LogP contribution >= 0.6 is 0 Å². The van der Waals surface area contributed by atoms with E-state index in [1.54, 1.807) is 7.11 Å². The lowest BCUT2D eigenvalue weighted by atomic mass is 10.1. The third kappa shape index (κ3) is 3.39. The van der Waals surface area contributed by atoms with Crippen molar-refractivity contribution in [3.05, 3.63) is 23.3 Å². The molecule has 1 aromatic rings. The molecule has 0 bridgehead atoms. The third-order valence-corrected chi connectivity index (χ3v) is 3.83. The highest BCUT2D eigenvalue weighted by atomic mass is 16.5. The number of aryl methyl sites for hydroxylation is 1. The Kier molecular flexibility index (Phi) is 4.66. The van der Waals surface area contributed by atoms with Crippen LogP contribution in [0.3, 0.4) is 0 Å². The highest BCUT2D eigenvalue weighted by Crippen LogP contribution is 2.32. The molecule has 19 heavy (non-hydrogen) atoms. The van der Waals surface area contributed by atoms with Crippen molar-refractivity contribution in [2.75, 3.05) is 40.3 Å². The average Bonchev–Trinajstić information content (AvgIpc) is 2.43. The van der Waals surface area contributed by atoms with Gasteiger partial charge in [0.15, 0.2) is 11.5 Å². The number of nitrogens with zero attached hydrogens (tertiary/aromatic N) is 2. The molecule has 1 N–H and O–H groups in total. The molecule has 0 aliphatic carbocycles. The highest BCUT2D eigenvalue weighted by Gasteiger charge is 2.17. The van der Waals surface area contributed by atoms with Crippen molar-refractivity contribution in [1.82, 2.24) is 9.80 Å². The fraction of sp³-hybridized carbons (Fsp3) is 0.600. The maximum Gasteiger partial charge on any atom is 0.162 e. The smallest absolute Gasteiger partial charge is 0.162 e. The lowest BCUT2D eigenvalue weighted by Gasteiger charge is -2.32. The van der Waals surface area contributed by atoms with E-state index in [0.29, 0.717) is 11.5 Å². The molecule has 0 saturated carbocycles. The van der Waals surface area contributed by atoms with Gasteiger partial charge < -0.3 is 14.7 Å². The van der Waals surface area contributed by atoms with Gasteiger partial charge in [-0.15, -0.1) is 0 Å². The van der Waals surface area contributed by atoms with Gasteiger partial charge in [-0.05, 0) is 25.1 Å². The van der Waals surface area contributed by atoms with Gasteiger partial charge in [0, 0.05) is 38.3 Å². The summed E-state index contributed by atoms with van der Waals surface area (Å²) in [7, 11) is 3.75. The lowest BCUT2D eigenvalue weighted by Crippen LogP contribution is -2.43. The number of hydrogen-bond acceptors (Lipinski definition) is 4. The van der Waals surface area contributed by atoms with Gasteiger partial charge in [-0.3, -0.25) is 4.90 Å². The van der Waals surface area contributed by atoms with Gasteiger partial charge in [-0.25, -0.2) is 0 Å².